The summed E-state index contributed by atoms with van der Waals surface area (Å²) in [6, 6.07) is 10.6. The Morgan fingerprint density at radius 2 is 1.94 bits per heavy atom. The van der Waals surface area contributed by atoms with E-state index in [0.29, 0.717) is 19.4 Å². The zero-order valence-electron chi connectivity index (χ0n) is 18.1. The molecular weight excluding hydrogens is 412 g/mol. The highest BCUT2D eigenvalue weighted by atomic mass is 32.2. The molecule has 5 rings (SSSR count). The summed E-state index contributed by atoms with van der Waals surface area (Å²) in [6.45, 7) is 6.55. The summed E-state index contributed by atoms with van der Waals surface area (Å²) in [5.41, 5.74) is 3.22. The minimum Gasteiger partial charge on any atom is -0.487 e. The van der Waals surface area contributed by atoms with Crippen LogP contribution in [0, 0.1) is 12.8 Å². The molecule has 1 atom stereocenters. The van der Waals surface area contributed by atoms with E-state index in [-0.39, 0.29) is 22.8 Å². The van der Waals surface area contributed by atoms with Crippen molar-refractivity contribution < 1.29 is 17.9 Å². The van der Waals surface area contributed by atoms with Gasteiger partial charge in [0, 0.05) is 30.1 Å². The van der Waals surface area contributed by atoms with Crippen LogP contribution in [0.4, 0.5) is 5.69 Å². The lowest BCUT2D eigenvalue weighted by Gasteiger charge is -2.38. The van der Waals surface area contributed by atoms with E-state index >= 15 is 0 Å². The third kappa shape index (κ3) is 3.85. The van der Waals surface area contributed by atoms with E-state index in [1.807, 2.05) is 43.9 Å². The van der Waals surface area contributed by atoms with Gasteiger partial charge in [-0.05, 0) is 69.9 Å². The number of benzene rings is 2. The highest BCUT2D eigenvalue weighted by molar-refractivity contribution is 7.89. The fourth-order valence-corrected chi connectivity index (χ4v) is 5.92. The Labute approximate surface area is 183 Å². The topological polar surface area (TPSA) is 75.7 Å². The molecule has 0 bridgehead atoms. The monoisotopic (exact) mass is 440 g/mol. The molecule has 164 valence electrons. The van der Waals surface area contributed by atoms with Crippen LogP contribution >= 0.6 is 0 Å². The van der Waals surface area contributed by atoms with Crippen LogP contribution in [-0.4, -0.2) is 26.5 Å². The third-order valence-electron chi connectivity index (χ3n) is 6.37. The average Bonchev–Trinajstić information content (AvgIpc) is 3.46. The van der Waals surface area contributed by atoms with Gasteiger partial charge in [-0.15, -0.1) is 0 Å². The van der Waals surface area contributed by atoms with Gasteiger partial charge in [0.2, 0.25) is 15.9 Å². The molecule has 1 N–H and O–H groups in total. The Morgan fingerprint density at radius 1 is 1.16 bits per heavy atom. The maximum Gasteiger partial charge on any atom is 0.241 e. The maximum absolute atomic E-state index is 13.3. The van der Waals surface area contributed by atoms with Gasteiger partial charge in [0.15, 0.2) is 0 Å². The number of fused-ring (bicyclic) bond motifs is 2. The fraction of sp³-hybridized carbons (Fsp3) is 0.458. The van der Waals surface area contributed by atoms with Crippen molar-refractivity contribution in [1.29, 1.82) is 0 Å². The van der Waals surface area contributed by atoms with E-state index in [9.17, 15) is 13.2 Å². The molecule has 1 saturated carbocycles. The van der Waals surface area contributed by atoms with Crippen molar-refractivity contribution in [3.63, 3.8) is 0 Å². The predicted molar refractivity (Wildman–Crippen MR) is 119 cm³/mol. The van der Waals surface area contributed by atoms with Crippen LogP contribution in [0.1, 0.15) is 55.8 Å². The first-order chi connectivity index (χ1) is 14.6. The summed E-state index contributed by atoms with van der Waals surface area (Å²) < 4.78 is 35.6. The minimum absolute atomic E-state index is 0.149. The highest BCUT2D eigenvalue weighted by Crippen LogP contribution is 2.41. The van der Waals surface area contributed by atoms with Crippen molar-refractivity contribution in [2.45, 2.75) is 63.0 Å². The number of anilines is 1. The smallest absolute Gasteiger partial charge is 0.241 e. The molecule has 3 aliphatic rings. The van der Waals surface area contributed by atoms with E-state index in [4.69, 9.17) is 4.74 Å². The molecule has 0 aromatic heterocycles. The predicted octanol–water partition coefficient (Wildman–Crippen LogP) is 3.87. The van der Waals surface area contributed by atoms with Crippen molar-refractivity contribution >= 4 is 21.6 Å². The summed E-state index contributed by atoms with van der Waals surface area (Å²) in [4.78, 5) is 14.6. The Kier molecular flexibility index (Phi) is 4.68. The Balaban J connectivity index is 1.43. The molecule has 2 heterocycles. The second-order valence-corrected chi connectivity index (χ2v) is 11.3. The molecule has 6 nitrogen and oxygen atoms in total. The van der Waals surface area contributed by atoms with Crippen molar-refractivity contribution in [1.82, 2.24) is 4.72 Å². The highest BCUT2D eigenvalue weighted by Gasteiger charge is 2.38. The average molecular weight is 441 g/mol. The fourth-order valence-electron chi connectivity index (χ4n) is 4.66. The number of amides is 1. The van der Waals surface area contributed by atoms with Gasteiger partial charge in [0.05, 0.1) is 10.9 Å². The van der Waals surface area contributed by atoms with Crippen LogP contribution in [-0.2, 0) is 21.2 Å². The number of aryl methyl sites for hydroxylation is 1. The molecule has 1 unspecified atom stereocenters. The number of rotatable bonds is 4. The number of carbonyl (C=O) groups is 1. The number of sulfonamides is 1. The van der Waals surface area contributed by atoms with Gasteiger partial charge in [-0.2, -0.15) is 0 Å². The first-order valence-electron chi connectivity index (χ1n) is 10.9. The third-order valence-corrected chi connectivity index (χ3v) is 7.84. The van der Waals surface area contributed by atoms with E-state index in [1.54, 1.807) is 18.2 Å². The lowest BCUT2D eigenvalue weighted by Crippen LogP contribution is -2.41. The number of nitrogens with one attached hydrogen (secondary N) is 1. The van der Waals surface area contributed by atoms with E-state index in [0.717, 1.165) is 41.0 Å². The van der Waals surface area contributed by atoms with Crippen molar-refractivity contribution in [3.05, 3.63) is 53.1 Å². The van der Waals surface area contributed by atoms with Crippen LogP contribution in [0.15, 0.2) is 41.3 Å². The van der Waals surface area contributed by atoms with Crippen LogP contribution in [0.3, 0.4) is 0 Å². The van der Waals surface area contributed by atoms with E-state index < -0.39 is 15.6 Å². The summed E-state index contributed by atoms with van der Waals surface area (Å²) >= 11 is 0. The van der Waals surface area contributed by atoms with Gasteiger partial charge in [0.1, 0.15) is 11.4 Å². The maximum atomic E-state index is 13.3. The summed E-state index contributed by atoms with van der Waals surface area (Å²) in [7, 11) is -3.74. The lowest BCUT2D eigenvalue weighted by molar-refractivity contribution is -0.119. The molecule has 2 aliphatic heterocycles. The molecule has 0 saturated heterocycles. The molecular formula is C24H28N2O4S. The largest absolute Gasteiger partial charge is 0.487 e. The number of ether oxygens (including phenoxy) is 1. The lowest BCUT2D eigenvalue weighted by atomic mass is 9.89. The molecule has 1 fully saturated rings. The van der Waals surface area contributed by atoms with Crippen LogP contribution in [0.5, 0.6) is 5.75 Å². The number of carbonyl (C=O) groups excluding carboxylic acids is 1. The first-order valence-corrected chi connectivity index (χ1v) is 12.4. The molecule has 2 aromatic rings. The van der Waals surface area contributed by atoms with Crippen LogP contribution < -0.4 is 14.4 Å². The zero-order valence-corrected chi connectivity index (χ0v) is 19.0. The summed E-state index contributed by atoms with van der Waals surface area (Å²) in [5, 5.41) is 0. The van der Waals surface area contributed by atoms with E-state index in [1.165, 1.54) is 0 Å². The summed E-state index contributed by atoms with van der Waals surface area (Å²) in [5.74, 6) is 1.04. The number of hydrogen-bond donors (Lipinski definition) is 1. The van der Waals surface area contributed by atoms with Crippen LogP contribution in [0.2, 0.25) is 0 Å². The normalized spacial score (nSPS) is 21.9. The Hall–Kier alpha value is -2.38. The van der Waals surface area contributed by atoms with Gasteiger partial charge >= 0.3 is 0 Å². The molecule has 0 spiro atoms. The number of hydrogen-bond acceptors (Lipinski definition) is 4. The van der Waals surface area contributed by atoms with Gasteiger partial charge < -0.3 is 9.64 Å². The second-order valence-electron chi connectivity index (χ2n) is 9.59. The Bertz CT molecular complexity index is 1170. The van der Waals surface area contributed by atoms with Crippen molar-refractivity contribution in [3.8, 4) is 5.75 Å². The molecule has 7 heteroatoms. The first kappa shape index (κ1) is 20.5. The minimum atomic E-state index is -3.74. The van der Waals surface area contributed by atoms with Gasteiger partial charge in [-0.25, -0.2) is 13.1 Å². The molecule has 1 aliphatic carbocycles. The van der Waals surface area contributed by atoms with Crippen molar-refractivity contribution in [2.75, 3.05) is 11.4 Å². The van der Waals surface area contributed by atoms with Gasteiger partial charge in [0.25, 0.3) is 0 Å². The SMILES string of the molecule is Cc1ccc2c(c1)C(NS(=O)(=O)c1ccc3c(c1)CCN3C(=O)C1CC1)CC(C)(C)O2. The zero-order chi connectivity index (χ0) is 22.0. The van der Waals surface area contributed by atoms with Gasteiger partial charge in [-0.1, -0.05) is 17.7 Å². The quantitative estimate of drug-likeness (QED) is 0.783. The van der Waals surface area contributed by atoms with Crippen LogP contribution in [0.25, 0.3) is 0 Å². The number of nitrogens with zero attached hydrogens (tertiary/aromatic N) is 1. The standard InChI is InChI=1S/C24H28N2O4S/c1-15-4-9-22-19(12-15)20(14-24(2,3)30-22)25-31(28,29)18-7-8-21-17(13-18)10-11-26(21)23(27)16-5-6-16/h4,7-9,12-13,16,20,25H,5-6,10-11,14H2,1-3H3. The Morgan fingerprint density at radius 3 is 2.68 bits per heavy atom. The van der Waals surface area contributed by atoms with E-state index in [2.05, 4.69) is 4.72 Å². The summed E-state index contributed by atoms with van der Waals surface area (Å²) in [6.07, 6.45) is 3.15. The van der Waals surface area contributed by atoms with Gasteiger partial charge in [-0.3, -0.25) is 4.79 Å². The second kappa shape index (κ2) is 7.07. The van der Waals surface area contributed by atoms with Crippen molar-refractivity contribution in [2.24, 2.45) is 5.92 Å². The molecule has 2 aromatic carbocycles. The molecule has 1 amide bonds. The molecule has 0 radical (unpaired) electrons. The molecule has 31 heavy (non-hydrogen) atoms.